The summed E-state index contributed by atoms with van der Waals surface area (Å²) in [6, 6.07) is 11.6. The molecule has 0 amide bonds. The number of hydrogen-bond acceptors (Lipinski definition) is 3. The van der Waals surface area contributed by atoms with E-state index in [4.69, 9.17) is 4.74 Å². The highest BCUT2D eigenvalue weighted by molar-refractivity contribution is 5.86. The molecule has 6 heteroatoms. The Balaban J connectivity index is 1.57. The van der Waals surface area contributed by atoms with Crippen molar-refractivity contribution in [2.45, 2.75) is 26.3 Å². The molecule has 0 atom stereocenters. The number of aromatic nitrogens is 1. The minimum absolute atomic E-state index is 0.231. The number of aryl methyl sites for hydroxylation is 1. The average Bonchev–Trinajstić information content (AvgIpc) is 3.14. The zero-order valence-corrected chi connectivity index (χ0v) is 16.7. The lowest BCUT2D eigenvalue weighted by Gasteiger charge is -2.13. The van der Waals surface area contributed by atoms with Crippen LogP contribution in [0.1, 0.15) is 23.6 Å². The van der Waals surface area contributed by atoms with E-state index in [2.05, 4.69) is 51.9 Å². The van der Waals surface area contributed by atoms with Crippen LogP contribution in [0.2, 0.25) is 0 Å². The second-order valence-electron chi connectivity index (χ2n) is 6.60. The van der Waals surface area contributed by atoms with Crippen LogP contribution in [-0.2, 0) is 19.4 Å². The van der Waals surface area contributed by atoms with Gasteiger partial charge in [-0.3, -0.25) is 4.99 Å². The molecule has 3 aromatic rings. The fourth-order valence-corrected chi connectivity index (χ4v) is 3.32. The smallest absolute Gasteiger partial charge is 0.191 e. The van der Waals surface area contributed by atoms with E-state index >= 15 is 0 Å². The van der Waals surface area contributed by atoms with Gasteiger partial charge in [-0.1, -0.05) is 25.1 Å². The SMILES string of the molecule is CCc1cccc2c(CCNC(=NC)NCc3cc(OC)ccc3O)c[nH]c12. The number of phenolic OH excluding ortho intramolecular Hbond substituents is 1. The second kappa shape index (κ2) is 9.17. The molecule has 1 aromatic heterocycles. The van der Waals surface area contributed by atoms with Crippen LogP contribution >= 0.6 is 0 Å². The topological polar surface area (TPSA) is 81.7 Å². The van der Waals surface area contributed by atoms with Crippen LogP contribution in [0.4, 0.5) is 0 Å². The van der Waals surface area contributed by atoms with Crippen LogP contribution in [-0.4, -0.2) is 36.8 Å². The summed E-state index contributed by atoms with van der Waals surface area (Å²) in [7, 11) is 3.35. The van der Waals surface area contributed by atoms with Gasteiger partial charge in [0.1, 0.15) is 11.5 Å². The lowest BCUT2D eigenvalue weighted by Crippen LogP contribution is -2.37. The van der Waals surface area contributed by atoms with Gasteiger partial charge in [-0.05, 0) is 42.2 Å². The van der Waals surface area contributed by atoms with Gasteiger partial charge < -0.3 is 25.5 Å². The average molecular weight is 380 g/mol. The number of para-hydroxylation sites is 1. The Morgan fingerprint density at radius 1 is 1.14 bits per heavy atom. The summed E-state index contributed by atoms with van der Waals surface area (Å²) >= 11 is 0. The van der Waals surface area contributed by atoms with Crippen LogP contribution in [0.25, 0.3) is 10.9 Å². The predicted octanol–water partition coefficient (Wildman–Crippen LogP) is 3.35. The minimum atomic E-state index is 0.231. The molecule has 0 unspecified atom stereocenters. The maximum Gasteiger partial charge on any atom is 0.191 e. The number of methoxy groups -OCH3 is 1. The largest absolute Gasteiger partial charge is 0.508 e. The van der Waals surface area contributed by atoms with Crippen LogP contribution in [0.5, 0.6) is 11.5 Å². The highest BCUT2D eigenvalue weighted by atomic mass is 16.5. The number of nitrogens with one attached hydrogen (secondary N) is 3. The highest BCUT2D eigenvalue weighted by Crippen LogP contribution is 2.23. The lowest BCUT2D eigenvalue weighted by molar-refractivity contribution is 0.410. The van der Waals surface area contributed by atoms with Crippen molar-refractivity contribution in [3.8, 4) is 11.5 Å². The summed E-state index contributed by atoms with van der Waals surface area (Å²) in [6.07, 6.45) is 4.00. The van der Waals surface area contributed by atoms with Crippen LogP contribution in [0.15, 0.2) is 47.6 Å². The summed E-state index contributed by atoms with van der Waals surface area (Å²) < 4.78 is 5.21. The number of benzene rings is 2. The fourth-order valence-electron chi connectivity index (χ4n) is 3.32. The van der Waals surface area contributed by atoms with Crippen LogP contribution in [0.3, 0.4) is 0 Å². The third kappa shape index (κ3) is 4.39. The molecule has 0 saturated heterocycles. The predicted molar refractivity (Wildman–Crippen MR) is 114 cm³/mol. The van der Waals surface area contributed by atoms with Crippen molar-refractivity contribution >= 4 is 16.9 Å². The number of ether oxygens (including phenoxy) is 1. The number of nitrogens with zero attached hydrogens (tertiary/aromatic N) is 1. The molecule has 0 radical (unpaired) electrons. The number of aromatic hydroxyl groups is 1. The Labute approximate surface area is 165 Å². The molecule has 1 heterocycles. The number of fused-ring (bicyclic) bond motifs is 1. The van der Waals surface area contributed by atoms with Crippen molar-refractivity contribution in [3.63, 3.8) is 0 Å². The van der Waals surface area contributed by atoms with Crippen molar-refractivity contribution in [2.75, 3.05) is 20.7 Å². The van der Waals surface area contributed by atoms with Crippen molar-refractivity contribution in [1.29, 1.82) is 0 Å². The molecule has 4 N–H and O–H groups in total. The number of guanidine groups is 1. The molecule has 0 aliphatic carbocycles. The quantitative estimate of drug-likeness (QED) is 0.374. The van der Waals surface area contributed by atoms with Crippen molar-refractivity contribution in [3.05, 3.63) is 59.3 Å². The Morgan fingerprint density at radius 3 is 2.75 bits per heavy atom. The monoisotopic (exact) mass is 380 g/mol. The molecule has 2 aromatic carbocycles. The van der Waals surface area contributed by atoms with Gasteiger partial charge in [0.15, 0.2) is 5.96 Å². The second-order valence-corrected chi connectivity index (χ2v) is 6.60. The fraction of sp³-hybridized carbons (Fsp3) is 0.318. The highest BCUT2D eigenvalue weighted by Gasteiger charge is 2.08. The number of aromatic amines is 1. The van der Waals surface area contributed by atoms with Gasteiger partial charge >= 0.3 is 0 Å². The van der Waals surface area contributed by atoms with E-state index in [1.165, 1.54) is 22.0 Å². The molecular weight excluding hydrogens is 352 g/mol. The normalized spacial score (nSPS) is 11.6. The Hall–Kier alpha value is -3.15. The summed E-state index contributed by atoms with van der Waals surface area (Å²) in [5.41, 5.74) is 4.62. The first-order valence-corrected chi connectivity index (χ1v) is 9.54. The van der Waals surface area contributed by atoms with Gasteiger partial charge in [0.25, 0.3) is 0 Å². The maximum atomic E-state index is 10.0. The van der Waals surface area contributed by atoms with E-state index in [0.29, 0.717) is 18.3 Å². The molecule has 148 valence electrons. The van der Waals surface area contributed by atoms with Gasteiger partial charge in [-0.2, -0.15) is 0 Å². The Bertz CT molecular complexity index is 962. The summed E-state index contributed by atoms with van der Waals surface area (Å²) in [5.74, 6) is 1.63. The van der Waals surface area contributed by atoms with E-state index in [1.807, 2.05) is 6.07 Å². The number of phenols is 1. The van der Waals surface area contributed by atoms with Gasteiger partial charge in [0, 0.05) is 42.8 Å². The number of rotatable bonds is 7. The van der Waals surface area contributed by atoms with E-state index in [0.717, 1.165) is 24.9 Å². The van der Waals surface area contributed by atoms with Gasteiger partial charge in [0.2, 0.25) is 0 Å². The molecule has 0 spiro atoms. The molecule has 0 saturated carbocycles. The first-order valence-electron chi connectivity index (χ1n) is 9.54. The molecule has 0 aliphatic heterocycles. The molecule has 0 fully saturated rings. The maximum absolute atomic E-state index is 10.0. The van der Waals surface area contributed by atoms with E-state index in [1.54, 1.807) is 26.3 Å². The first-order chi connectivity index (χ1) is 13.7. The zero-order valence-electron chi connectivity index (χ0n) is 16.7. The third-order valence-corrected chi connectivity index (χ3v) is 4.91. The van der Waals surface area contributed by atoms with E-state index in [-0.39, 0.29) is 5.75 Å². The number of aliphatic imine (C=N–C) groups is 1. The van der Waals surface area contributed by atoms with Crippen molar-refractivity contribution < 1.29 is 9.84 Å². The number of H-pyrrole nitrogens is 1. The standard InChI is InChI=1S/C22H28N4O2/c1-4-15-6-5-7-19-16(13-25-21(15)19)10-11-24-22(23-2)26-14-17-12-18(28-3)8-9-20(17)27/h5-9,12-13,25,27H,4,10-11,14H2,1-3H3,(H2,23,24,26). The third-order valence-electron chi connectivity index (χ3n) is 4.91. The number of hydrogen-bond donors (Lipinski definition) is 4. The molecule has 0 aliphatic rings. The summed E-state index contributed by atoms with van der Waals surface area (Å²) in [4.78, 5) is 7.67. The van der Waals surface area contributed by atoms with Gasteiger partial charge in [-0.15, -0.1) is 0 Å². The summed E-state index contributed by atoms with van der Waals surface area (Å²) in [5, 5.41) is 17.8. The molecule has 28 heavy (non-hydrogen) atoms. The molecule has 6 nitrogen and oxygen atoms in total. The first kappa shape index (κ1) is 19.6. The lowest BCUT2D eigenvalue weighted by atomic mass is 10.1. The summed E-state index contributed by atoms with van der Waals surface area (Å²) in [6.45, 7) is 3.38. The molecule has 0 bridgehead atoms. The minimum Gasteiger partial charge on any atom is -0.508 e. The van der Waals surface area contributed by atoms with Gasteiger partial charge in [0.05, 0.1) is 7.11 Å². The Kier molecular flexibility index (Phi) is 6.42. The Morgan fingerprint density at radius 2 is 2.00 bits per heavy atom. The molecule has 3 rings (SSSR count). The van der Waals surface area contributed by atoms with Crippen molar-refractivity contribution in [2.24, 2.45) is 4.99 Å². The van der Waals surface area contributed by atoms with Gasteiger partial charge in [-0.25, -0.2) is 0 Å². The zero-order chi connectivity index (χ0) is 19.9. The van der Waals surface area contributed by atoms with E-state index in [9.17, 15) is 5.11 Å². The van der Waals surface area contributed by atoms with E-state index < -0.39 is 0 Å². The van der Waals surface area contributed by atoms with Crippen LogP contribution in [0, 0.1) is 0 Å². The van der Waals surface area contributed by atoms with Crippen molar-refractivity contribution in [1.82, 2.24) is 15.6 Å². The van der Waals surface area contributed by atoms with Crippen LogP contribution < -0.4 is 15.4 Å². The molecular formula is C22H28N4O2.